The van der Waals surface area contributed by atoms with Crippen LogP contribution in [0.5, 0.6) is 0 Å². The maximum absolute atomic E-state index is 11.5. The number of carbonyl (C=O) groups is 1. The minimum atomic E-state index is -0.539. The van der Waals surface area contributed by atoms with E-state index in [1.165, 1.54) is 6.26 Å². The van der Waals surface area contributed by atoms with Crippen molar-refractivity contribution in [1.29, 1.82) is 0 Å². The molecule has 2 aromatic rings. The van der Waals surface area contributed by atoms with Crippen LogP contribution in [0, 0.1) is 6.92 Å². The molecule has 90 valence electrons. The highest BCUT2D eigenvalue weighted by Gasteiger charge is 2.21. The molecule has 2 aromatic heterocycles. The lowest BCUT2D eigenvalue weighted by atomic mass is 10.3. The fraction of sp³-hybridized carbons (Fsp3) is 0.273. The number of nitrogens with zero attached hydrogens (tertiary/aromatic N) is 1. The number of carbonyl (C=O) groups excluding carboxylic acids is 1. The van der Waals surface area contributed by atoms with Crippen LogP contribution in [0.15, 0.2) is 21.2 Å². The summed E-state index contributed by atoms with van der Waals surface area (Å²) in [6.45, 7) is 3.66. The van der Waals surface area contributed by atoms with Crippen LogP contribution in [0.2, 0.25) is 5.22 Å². The molecule has 0 bridgehead atoms. The molecule has 5 nitrogen and oxygen atoms in total. The standard InChI is InChI=1S/C11H10ClNO4/c1-3-15-11(14)8-6(2)13-10(17-8)7-4-5-16-9(7)12/h4-5H,3H2,1-2H3. The zero-order chi connectivity index (χ0) is 12.4. The molecule has 0 unspecified atom stereocenters. The lowest BCUT2D eigenvalue weighted by Crippen LogP contribution is -2.04. The Morgan fingerprint density at radius 3 is 2.94 bits per heavy atom. The fourth-order valence-electron chi connectivity index (χ4n) is 1.34. The van der Waals surface area contributed by atoms with Crippen molar-refractivity contribution < 1.29 is 18.4 Å². The first kappa shape index (κ1) is 11.7. The van der Waals surface area contributed by atoms with E-state index < -0.39 is 5.97 Å². The fourth-order valence-corrected chi connectivity index (χ4v) is 1.54. The quantitative estimate of drug-likeness (QED) is 0.789. The van der Waals surface area contributed by atoms with Crippen LogP contribution in [-0.2, 0) is 4.74 Å². The summed E-state index contributed by atoms with van der Waals surface area (Å²) >= 11 is 5.79. The number of furan rings is 1. The Hall–Kier alpha value is -1.75. The molecule has 0 N–H and O–H groups in total. The first-order valence-corrected chi connectivity index (χ1v) is 5.39. The maximum atomic E-state index is 11.5. The highest BCUT2D eigenvalue weighted by Crippen LogP contribution is 2.29. The highest BCUT2D eigenvalue weighted by atomic mass is 35.5. The normalized spacial score (nSPS) is 10.5. The predicted octanol–water partition coefficient (Wildman–Crippen LogP) is 3.07. The van der Waals surface area contributed by atoms with E-state index in [-0.39, 0.29) is 23.5 Å². The number of rotatable bonds is 3. The molecule has 0 aliphatic rings. The third-order valence-corrected chi connectivity index (χ3v) is 2.40. The molecule has 0 aliphatic heterocycles. The van der Waals surface area contributed by atoms with E-state index in [9.17, 15) is 4.79 Å². The van der Waals surface area contributed by atoms with Gasteiger partial charge in [-0.05, 0) is 31.5 Å². The molecule has 17 heavy (non-hydrogen) atoms. The molecule has 0 spiro atoms. The molecule has 0 saturated carbocycles. The Kier molecular flexibility index (Phi) is 3.19. The van der Waals surface area contributed by atoms with E-state index in [2.05, 4.69) is 4.98 Å². The Labute approximate surface area is 102 Å². The number of hydrogen-bond acceptors (Lipinski definition) is 5. The van der Waals surface area contributed by atoms with Gasteiger partial charge in [0.25, 0.3) is 0 Å². The number of halogens is 1. The van der Waals surface area contributed by atoms with Crippen LogP contribution >= 0.6 is 11.6 Å². The van der Waals surface area contributed by atoms with Crippen LogP contribution in [0.1, 0.15) is 23.2 Å². The third kappa shape index (κ3) is 2.19. The Morgan fingerprint density at radius 1 is 1.59 bits per heavy atom. The van der Waals surface area contributed by atoms with Gasteiger partial charge in [0.1, 0.15) is 0 Å². The van der Waals surface area contributed by atoms with Gasteiger partial charge in [-0.15, -0.1) is 0 Å². The summed E-state index contributed by atoms with van der Waals surface area (Å²) in [4.78, 5) is 15.6. The van der Waals surface area contributed by atoms with Gasteiger partial charge in [0.15, 0.2) is 0 Å². The van der Waals surface area contributed by atoms with E-state index in [1.54, 1.807) is 19.9 Å². The number of esters is 1. The van der Waals surface area contributed by atoms with Gasteiger partial charge in [-0.25, -0.2) is 9.78 Å². The van der Waals surface area contributed by atoms with Crippen LogP contribution in [-0.4, -0.2) is 17.6 Å². The summed E-state index contributed by atoms with van der Waals surface area (Å²) in [5, 5.41) is 0.168. The van der Waals surface area contributed by atoms with Crippen molar-refractivity contribution >= 4 is 17.6 Å². The summed E-state index contributed by atoms with van der Waals surface area (Å²) < 4.78 is 15.1. The van der Waals surface area contributed by atoms with Crippen LogP contribution in [0.4, 0.5) is 0 Å². The van der Waals surface area contributed by atoms with Gasteiger partial charge in [0.05, 0.1) is 24.1 Å². The average Bonchev–Trinajstić information content (AvgIpc) is 2.84. The van der Waals surface area contributed by atoms with Gasteiger partial charge < -0.3 is 13.6 Å². The summed E-state index contributed by atoms with van der Waals surface area (Å²) in [6, 6.07) is 1.61. The molecule has 2 heterocycles. The topological polar surface area (TPSA) is 65.5 Å². The van der Waals surface area contributed by atoms with Gasteiger partial charge in [-0.1, -0.05) is 0 Å². The Bertz CT molecular complexity index is 543. The molecule has 0 aliphatic carbocycles. The second-order valence-corrected chi connectivity index (χ2v) is 3.61. The largest absolute Gasteiger partial charge is 0.460 e. The number of aryl methyl sites for hydroxylation is 1. The van der Waals surface area contributed by atoms with Crippen molar-refractivity contribution in [1.82, 2.24) is 4.98 Å². The molecule has 0 radical (unpaired) electrons. The molecule has 6 heteroatoms. The first-order chi connectivity index (χ1) is 8.13. The minimum absolute atomic E-state index is 0.0825. The molecule has 0 atom stereocenters. The van der Waals surface area contributed by atoms with Gasteiger partial charge in [0, 0.05) is 0 Å². The highest BCUT2D eigenvalue weighted by molar-refractivity contribution is 6.31. The SMILES string of the molecule is CCOC(=O)c1oc(-c2ccoc2Cl)nc1C. The number of hydrogen-bond donors (Lipinski definition) is 0. The van der Waals surface area contributed by atoms with Crippen LogP contribution in [0.25, 0.3) is 11.5 Å². The van der Waals surface area contributed by atoms with Gasteiger partial charge in [-0.2, -0.15) is 0 Å². The Morgan fingerprint density at radius 2 is 2.35 bits per heavy atom. The van der Waals surface area contributed by atoms with Gasteiger partial charge >= 0.3 is 5.97 Å². The Balaban J connectivity index is 2.37. The van der Waals surface area contributed by atoms with E-state index in [0.717, 1.165) is 0 Å². The molecule has 0 aromatic carbocycles. The van der Waals surface area contributed by atoms with Crippen molar-refractivity contribution in [3.63, 3.8) is 0 Å². The maximum Gasteiger partial charge on any atom is 0.376 e. The van der Waals surface area contributed by atoms with Crippen LogP contribution in [0.3, 0.4) is 0 Å². The zero-order valence-electron chi connectivity index (χ0n) is 9.32. The molecule has 0 amide bonds. The van der Waals surface area contributed by atoms with Crippen molar-refractivity contribution in [3.05, 3.63) is 29.0 Å². The summed E-state index contributed by atoms with van der Waals surface area (Å²) in [5.74, 6) is -0.216. The van der Waals surface area contributed by atoms with Gasteiger partial charge in [-0.3, -0.25) is 0 Å². The second-order valence-electron chi connectivity index (χ2n) is 3.26. The predicted molar refractivity (Wildman–Crippen MR) is 59.9 cm³/mol. The smallest absolute Gasteiger partial charge is 0.376 e. The van der Waals surface area contributed by atoms with Crippen molar-refractivity contribution in [3.8, 4) is 11.5 Å². The number of ether oxygens (including phenoxy) is 1. The second kappa shape index (κ2) is 4.63. The van der Waals surface area contributed by atoms with E-state index >= 15 is 0 Å². The number of oxazole rings is 1. The monoisotopic (exact) mass is 255 g/mol. The van der Waals surface area contributed by atoms with E-state index in [0.29, 0.717) is 11.3 Å². The average molecular weight is 256 g/mol. The lowest BCUT2D eigenvalue weighted by molar-refractivity contribution is 0.0490. The molecular weight excluding hydrogens is 246 g/mol. The summed E-state index contributed by atoms with van der Waals surface area (Å²) in [7, 11) is 0. The third-order valence-electron chi connectivity index (χ3n) is 2.11. The van der Waals surface area contributed by atoms with Crippen molar-refractivity contribution in [2.45, 2.75) is 13.8 Å². The number of aromatic nitrogens is 1. The lowest BCUT2D eigenvalue weighted by Gasteiger charge is -1.97. The molecule has 0 saturated heterocycles. The molecule has 0 fully saturated rings. The van der Waals surface area contributed by atoms with E-state index in [1.807, 2.05) is 0 Å². The van der Waals surface area contributed by atoms with Crippen molar-refractivity contribution in [2.24, 2.45) is 0 Å². The van der Waals surface area contributed by atoms with Crippen LogP contribution < -0.4 is 0 Å². The first-order valence-electron chi connectivity index (χ1n) is 5.01. The zero-order valence-corrected chi connectivity index (χ0v) is 10.1. The van der Waals surface area contributed by atoms with E-state index in [4.69, 9.17) is 25.2 Å². The molecule has 2 rings (SSSR count). The summed E-state index contributed by atoms with van der Waals surface area (Å²) in [5.41, 5.74) is 0.959. The molecular formula is C11H10ClNO4. The minimum Gasteiger partial charge on any atom is -0.460 e. The summed E-state index contributed by atoms with van der Waals surface area (Å²) in [6.07, 6.45) is 1.42. The van der Waals surface area contributed by atoms with Crippen molar-refractivity contribution in [2.75, 3.05) is 6.61 Å². The van der Waals surface area contributed by atoms with Gasteiger partial charge in [0.2, 0.25) is 16.9 Å².